The van der Waals surface area contributed by atoms with Gasteiger partial charge in [0.1, 0.15) is 28.6 Å². The van der Waals surface area contributed by atoms with E-state index in [0.717, 1.165) is 0 Å². The van der Waals surface area contributed by atoms with Crippen molar-refractivity contribution in [2.45, 2.75) is 17.7 Å². The Balaban J connectivity index is 1.84. The minimum absolute atomic E-state index is 0.199. The van der Waals surface area contributed by atoms with Crippen LogP contribution in [0.3, 0.4) is 0 Å². The summed E-state index contributed by atoms with van der Waals surface area (Å²) in [7, 11) is 4.47. The molecule has 5 rings (SSSR count). The zero-order chi connectivity index (χ0) is 29.3. The molecule has 3 aliphatic rings. The predicted molar refractivity (Wildman–Crippen MR) is 142 cm³/mol. The molecule has 0 saturated carbocycles. The molecule has 0 heterocycles. The molecular weight excluding hydrogens is 520 g/mol. The Morgan fingerprint density at radius 2 is 1.73 bits per heavy atom. The molecule has 2 aromatic carbocycles. The van der Waals surface area contributed by atoms with Crippen molar-refractivity contribution in [2.24, 2.45) is 17.6 Å². The van der Waals surface area contributed by atoms with E-state index >= 15 is 0 Å². The summed E-state index contributed by atoms with van der Waals surface area (Å²) in [6.07, 6.45) is -0.0944. The van der Waals surface area contributed by atoms with Crippen LogP contribution in [0.25, 0.3) is 11.6 Å². The van der Waals surface area contributed by atoms with Gasteiger partial charge in [0.25, 0.3) is 5.91 Å². The third-order valence-electron chi connectivity index (χ3n) is 7.97. The highest BCUT2D eigenvalue weighted by Crippen LogP contribution is 2.55. The summed E-state index contributed by atoms with van der Waals surface area (Å²) in [5.74, 6) is -8.33. The normalized spacial score (nSPS) is 28.9. The summed E-state index contributed by atoms with van der Waals surface area (Å²) >= 11 is 0. The second kappa shape index (κ2) is 9.33. The van der Waals surface area contributed by atoms with Crippen LogP contribution >= 0.6 is 0 Å². The molecule has 40 heavy (non-hydrogen) atoms. The number of phenols is 1. The van der Waals surface area contributed by atoms with Crippen molar-refractivity contribution in [3.05, 3.63) is 81.8 Å². The number of amides is 1. The number of nitrogens with zero attached hydrogens (tertiary/aromatic N) is 1. The third-order valence-corrected chi connectivity index (χ3v) is 7.97. The molecule has 0 bridgehead atoms. The van der Waals surface area contributed by atoms with Gasteiger partial charge in [0.2, 0.25) is 5.78 Å². The number of fused-ring (bicyclic) bond motifs is 3. The average Bonchev–Trinajstić information content (AvgIpc) is 2.90. The topological polar surface area (TPSA) is 191 Å². The zero-order valence-corrected chi connectivity index (χ0v) is 21.8. The largest absolute Gasteiger partial charge is 0.510 e. The van der Waals surface area contributed by atoms with Gasteiger partial charge in [-0.25, -0.2) is 0 Å². The first-order valence-corrected chi connectivity index (χ1v) is 12.4. The standard InChI is InChI=1S/C29H28N2O9/c1-31(2)22-21-24(34)18-15(11-12-7-9-13(40-3)10-8-12)14-5-4-6-16(32)17(14)23(33)19(18)26(36)29(21,39)27(37)20(25(22)35)28(30)38/h4-11,18,21-22,24,32,34-36,39H,1-3H3,(H2,30,38)/b15-11+/t18-,21-,22+,24+,29+/m1/s1. The first kappa shape index (κ1) is 27.1. The number of carbonyl (C=O) groups excluding carboxylic acids is 3. The lowest BCUT2D eigenvalue weighted by Crippen LogP contribution is -2.68. The van der Waals surface area contributed by atoms with E-state index in [-0.39, 0.29) is 11.1 Å². The highest BCUT2D eigenvalue weighted by atomic mass is 16.5. The number of benzene rings is 2. The second-order valence-electron chi connectivity index (χ2n) is 10.3. The van der Waals surface area contributed by atoms with Crippen molar-refractivity contribution in [1.29, 1.82) is 0 Å². The highest BCUT2D eigenvalue weighted by molar-refractivity contribution is 6.25. The molecule has 0 unspecified atom stereocenters. The molecule has 3 aliphatic carbocycles. The lowest BCUT2D eigenvalue weighted by molar-refractivity contribution is -0.159. The van der Waals surface area contributed by atoms with Gasteiger partial charge in [0.05, 0.1) is 36.3 Å². The van der Waals surface area contributed by atoms with E-state index in [1.54, 1.807) is 36.4 Å². The maximum absolute atomic E-state index is 13.8. The molecule has 0 aromatic heterocycles. The van der Waals surface area contributed by atoms with Gasteiger partial charge in [-0.05, 0) is 49.0 Å². The van der Waals surface area contributed by atoms with Crippen LogP contribution in [-0.4, -0.2) is 86.9 Å². The van der Waals surface area contributed by atoms with Gasteiger partial charge in [0.15, 0.2) is 11.4 Å². The molecule has 11 nitrogen and oxygen atoms in total. The monoisotopic (exact) mass is 548 g/mol. The number of aliphatic hydroxyl groups is 4. The van der Waals surface area contributed by atoms with Gasteiger partial charge >= 0.3 is 0 Å². The average molecular weight is 549 g/mol. The maximum Gasteiger partial charge on any atom is 0.255 e. The molecule has 0 saturated heterocycles. The number of phenolic OH excluding ortho intramolecular Hbond substituents is 1. The second-order valence-corrected chi connectivity index (χ2v) is 10.3. The van der Waals surface area contributed by atoms with Gasteiger partial charge < -0.3 is 36.0 Å². The van der Waals surface area contributed by atoms with Crippen LogP contribution < -0.4 is 10.5 Å². The van der Waals surface area contributed by atoms with Crippen LogP contribution in [0.4, 0.5) is 0 Å². The van der Waals surface area contributed by atoms with Crippen molar-refractivity contribution in [2.75, 3.05) is 21.2 Å². The summed E-state index contributed by atoms with van der Waals surface area (Å²) in [4.78, 5) is 40.9. The van der Waals surface area contributed by atoms with E-state index < -0.39 is 75.5 Å². The van der Waals surface area contributed by atoms with Gasteiger partial charge in [-0.15, -0.1) is 0 Å². The number of rotatable bonds is 4. The lowest BCUT2D eigenvalue weighted by atomic mass is 9.56. The SMILES string of the molecule is COc1ccc(/C=C2\c3cccc(O)c3C(=O)C3=C(O)[C@]4(O)C(=O)C(C(N)=O)=C(O)[C@@H](N(C)C)[C@@H]4[C@@H](O)[C@@H]32)cc1. The molecule has 11 heteroatoms. The lowest BCUT2D eigenvalue weighted by Gasteiger charge is -2.52. The molecule has 0 radical (unpaired) electrons. The summed E-state index contributed by atoms with van der Waals surface area (Å²) in [5, 5.41) is 56.9. The van der Waals surface area contributed by atoms with Gasteiger partial charge in [-0.3, -0.25) is 19.3 Å². The summed E-state index contributed by atoms with van der Waals surface area (Å²) in [5.41, 5.74) is 1.90. The Morgan fingerprint density at radius 1 is 1.07 bits per heavy atom. The fourth-order valence-electron chi connectivity index (χ4n) is 6.20. The minimum Gasteiger partial charge on any atom is -0.510 e. The van der Waals surface area contributed by atoms with Crippen LogP contribution in [0.15, 0.2) is 65.1 Å². The van der Waals surface area contributed by atoms with E-state index in [1.165, 1.54) is 38.2 Å². The van der Waals surface area contributed by atoms with Crippen LogP contribution in [0.2, 0.25) is 0 Å². The molecule has 1 amide bonds. The van der Waals surface area contributed by atoms with Crippen LogP contribution in [-0.2, 0) is 9.59 Å². The maximum atomic E-state index is 13.8. The number of ether oxygens (including phenoxy) is 1. The molecule has 5 atom stereocenters. The molecule has 0 spiro atoms. The number of ketones is 2. The van der Waals surface area contributed by atoms with Gasteiger partial charge in [-0.1, -0.05) is 30.3 Å². The van der Waals surface area contributed by atoms with Crippen molar-refractivity contribution in [1.82, 2.24) is 4.90 Å². The predicted octanol–water partition coefficient (Wildman–Crippen LogP) is 1.10. The van der Waals surface area contributed by atoms with Crippen molar-refractivity contribution in [3.8, 4) is 11.5 Å². The summed E-state index contributed by atoms with van der Waals surface area (Å²) in [6.45, 7) is 0. The number of carbonyl (C=O) groups is 3. The van der Waals surface area contributed by atoms with Crippen LogP contribution in [0.1, 0.15) is 21.5 Å². The number of Topliss-reactive ketones (excluding diaryl/α,β-unsaturated/α-hetero) is 2. The first-order chi connectivity index (χ1) is 18.9. The number of hydrogen-bond donors (Lipinski definition) is 6. The number of likely N-dealkylation sites (N-methyl/N-ethyl adjacent to an activating group) is 1. The molecule has 2 aromatic rings. The fourth-order valence-corrected chi connectivity index (χ4v) is 6.20. The number of aliphatic hydroxyl groups excluding tert-OH is 3. The van der Waals surface area contributed by atoms with E-state index in [0.29, 0.717) is 16.9 Å². The number of aromatic hydroxyl groups is 1. The number of hydrogen-bond acceptors (Lipinski definition) is 10. The Labute approximate surface area is 228 Å². The Hall–Kier alpha value is -4.45. The van der Waals surface area contributed by atoms with E-state index in [4.69, 9.17) is 10.5 Å². The summed E-state index contributed by atoms with van der Waals surface area (Å²) in [6, 6.07) is 9.85. The van der Waals surface area contributed by atoms with Crippen molar-refractivity contribution >= 4 is 29.1 Å². The molecule has 7 N–H and O–H groups in total. The van der Waals surface area contributed by atoms with E-state index in [2.05, 4.69) is 0 Å². The fraction of sp³-hybridized carbons (Fsp3) is 0.276. The Kier molecular flexibility index (Phi) is 6.33. The Morgan fingerprint density at radius 3 is 2.30 bits per heavy atom. The van der Waals surface area contributed by atoms with Crippen molar-refractivity contribution in [3.63, 3.8) is 0 Å². The van der Waals surface area contributed by atoms with Crippen LogP contribution in [0.5, 0.6) is 11.5 Å². The van der Waals surface area contributed by atoms with Gasteiger partial charge in [0, 0.05) is 5.92 Å². The molecule has 208 valence electrons. The summed E-state index contributed by atoms with van der Waals surface area (Å²) < 4.78 is 5.21. The molecule has 0 fully saturated rings. The Bertz CT molecular complexity index is 1550. The number of primary amides is 1. The third kappa shape index (κ3) is 3.59. The highest BCUT2D eigenvalue weighted by Gasteiger charge is 2.67. The molecular formula is C29H28N2O9. The van der Waals surface area contributed by atoms with E-state index in [9.17, 15) is 39.9 Å². The quantitative estimate of drug-likeness (QED) is 0.302. The number of nitrogens with two attached hydrogens (primary N) is 1. The smallest absolute Gasteiger partial charge is 0.255 e. The van der Waals surface area contributed by atoms with Gasteiger partial charge in [-0.2, -0.15) is 0 Å². The molecule has 0 aliphatic heterocycles. The first-order valence-electron chi connectivity index (χ1n) is 12.4. The number of methoxy groups -OCH3 is 1. The van der Waals surface area contributed by atoms with E-state index in [1.807, 2.05) is 0 Å². The zero-order valence-electron chi connectivity index (χ0n) is 21.8. The van der Waals surface area contributed by atoms with Crippen molar-refractivity contribution < 1.29 is 44.7 Å². The minimum atomic E-state index is -2.99. The van der Waals surface area contributed by atoms with Crippen LogP contribution in [0, 0.1) is 11.8 Å².